The highest BCUT2D eigenvalue weighted by molar-refractivity contribution is 5.72. The first-order valence-electron chi connectivity index (χ1n) is 7.19. The Morgan fingerprint density at radius 3 is 2.75 bits per heavy atom. The van der Waals surface area contributed by atoms with Gasteiger partial charge in [-0.15, -0.1) is 0 Å². The minimum atomic E-state index is -0.355. The Bertz CT molecular complexity index is 487. The van der Waals surface area contributed by atoms with E-state index in [9.17, 15) is 4.79 Å². The molecular formula is C16H23NO3. The van der Waals surface area contributed by atoms with Gasteiger partial charge in [-0.05, 0) is 25.5 Å². The molecule has 20 heavy (non-hydrogen) atoms. The fourth-order valence-electron chi connectivity index (χ4n) is 2.86. The van der Waals surface area contributed by atoms with E-state index in [1.807, 2.05) is 12.1 Å². The number of esters is 1. The Morgan fingerprint density at radius 2 is 2.10 bits per heavy atom. The molecule has 1 heterocycles. The van der Waals surface area contributed by atoms with E-state index in [0.717, 1.165) is 18.7 Å². The second-order valence-electron chi connectivity index (χ2n) is 5.28. The predicted octanol–water partition coefficient (Wildman–Crippen LogP) is 2.96. The number of hydrogen-bond acceptors (Lipinski definition) is 4. The highest BCUT2D eigenvalue weighted by Gasteiger charge is 2.34. The largest absolute Gasteiger partial charge is 0.482 e. The second-order valence-corrected chi connectivity index (χ2v) is 5.28. The molecule has 0 spiro atoms. The second kappa shape index (κ2) is 6.16. The number of fused-ring (bicyclic) bond motifs is 1. The molecule has 0 N–H and O–H groups in total. The van der Waals surface area contributed by atoms with E-state index >= 15 is 0 Å². The van der Waals surface area contributed by atoms with Crippen molar-refractivity contribution in [3.63, 3.8) is 0 Å². The molecule has 2 atom stereocenters. The summed E-state index contributed by atoms with van der Waals surface area (Å²) in [5.74, 6) is 0.836. The Labute approximate surface area is 120 Å². The van der Waals surface area contributed by atoms with E-state index in [1.54, 1.807) is 0 Å². The van der Waals surface area contributed by atoms with Gasteiger partial charge in [0.15, 0.2) is 6.61 Å². The van der Waals surface area contributed by atoms with E-state index in [0.29, 0.717) is 12.0 Å². The van der Waals surface area contributed by atoms with Crippen molar-refractivity contribution in [2.24, 2.45) is 0 Å². The lowest BCUT2D eigenvalue weighted by Crippen LogP contribution is -2.31. The SMILES string of the molecule is CCCN1c2cccc(OCC(=O)OC)c2C(C)C1C. The lowest BCUT2D eigenvalue weighted by molar-refractivity contribution is -0.142. The molecule has 0 aromatic heterocycles. The molecule has 4 heteroatoms. The summed E-state index contributed by atoms with van der Waals surface area (Å²) in [6, 6.07) is 6.50. The maximum atomic E-state index is 11.2. The van der Waals surface area contributed by atoms with Gasteiger partial charge in [-0.2, -0.15) is 0 Å². The molecule has 4 nitrogen and oxygen atoms in total. The van der Waals surface area contributed by atoms with Crippen molar-refractivity contribution in [2.75, 3.05) is 25.2 Å². The molecule has 0 radical (unpaired) electrons. The van der Waals surface area contributed by atoms with Gasteiger partial charge in [-0.25, -0.2) is 4.79 Å². The molecule has 2 unspecified atom stereocenters. The van der Waals surface area contributed by atoms with Crippen molar-refractivity contribution >= 4 is 11.7 Å². The molecule has 0 bridgehead atoms. The van der Waals surface area contributed by atoms with Gasteiger partial charge in [0, 0.05) is 29.8 Å². The molecule has 1 aromatic carbocycles. The number of ether oxygens (including phenoxy) is 2. The van der Waals surface area contributed by atoms with Crippen molar-refractivity contribution in [3.8, 4) is 5.75 Å². The fourth-order valence-corrected chi connectivity index (χ4v) is 2.86. The third-order valence-corrected chi connectivity index (χ3v) is 4.06. The first-order valence-corrected chi connectivity index (χ1v) is 7.19. The third kappa shape index (κ3) is 2.60. The smallest absolute Gasteiger partial charge is 0.343 e. The fraction of sp³-hybridized carbons (Fsp3) is 0.562. The summed E-state index contributed by atoms with van der Waals surface area (Å²) in [7, 11) is 1.37. The number of methoxy groups -OCH3 is 1. The standard InChI is InChI=1S/C16H23NO3/c1-5-9-17-12(3)11(2)16-13(17)7-6-8-14(16)20-10-15(18)19-4/h6-8,11-12H,5,9-10H2,1-4H3. The molecule has 110 valence electrons. The lowest BCUT2D eigenvalue weighted by atomic mass is 9.97. The van der Waals surface area contributed by atoms with Crippen LogP contribution in [0.4, 0.5) is 5.69 Å². The highest BCUT2D eigenvalue weighted by Crippen LogP contribution is 2.45. The van der Waals surface area contributed by atoms with E-state index in [-0.39, 0.29) is 12.6 Å². The van der Waals surface area contributed by atoms with Crippen LogP contribution < -0.4 is 9.64 Å². The summed E-state index contributed by atoms with van der Waals surface area (Å²) in [6.07, 6.45) is 1.11. The van der Waals surface area contributed by atoms with Crippen LogP contribution in [-0.2, 0) is 9.53 Å². The summed E-state index contributed by atoms with van der Waals surface area (Å²) in [5.41, 5.74) is 2.44. The van der Waals surface area contributed by atoms with Crippen LogP contribution >= 0.6 is 0 Å². The van der Waals surface area contributed by atoms with Gasteiger partial charge in [-0.1, -0.05) is 19.9 Å². The van der Waals surface area contributed by atoms with E-state index < -0.39 is 0 Å². The molecule has 2 rings (SSSR count). The van der Waals surface area contributed by atoms with Crippen molar-refractivity contribution in [2.45, 2.75) is 39.2 Å². The Hall–Kier alpha value is -1.71. The summed E-state index contributed by atoms with van der Waals surface area (Å²) < 4.78 is 10.3. The molecule has 1 aliphatic heterocycles. The van der Waals surface area contributed by atoms with Crippen LogP contribution in [0.1, 0.15) is 38.7 Å². The lowest BCUT2D eigenvalue weighted by Gasteiger charge is -2.25. The summed E-state index contributed by atoms with van der Waals surface area (Å²) in [4.78, 5) is 13.7. The zero-order chi connectivity index (χ0) is 14.7. The van der Waals surface area contributed by atoms with Gasteiger partial charge in [0.1, 0.15) is 5.75 Å². The maximum absolute atomic E-state index is 11.2. The van der Waals surface area contributed by atoms with Crippen molar-refractivity contribution in [3.05, 3.63) is 23.8 Å². The van der Waals surface area contributed by atoms with E-state index in [4.69, 9.17) is 4.74 Å². The zero-order valence-electron chi connectivity index (χ0n) is 12.7. The molecule has 0 amide bonds. The first kappa shape index (κ1) is 14.7. The molecule has 0 fully saturated rings. The minimum Gasteiger partial charge on any atom is -0.482 e. The molecule has 1 aliphatic rings. The third-order valence-electron chi connectivity index (χ3n) is 4.06. The molecular weight excluding hydrogens is 254 g/mol. The summed E-state index contributed by atoms with van der Waals surface area (Å²) >= 11 is 0. The normalized spacial score (nSPS) is 20.7. The minimum absolute atomic E-state index is 0.0398. The van der Waals surface area contributed by atoms with Crippen molar-refractivity contribution in [1.82, 2.24) is 0 Å². The zero-order valence-corrected chi connectivity index (χ0v) is 12.7. The Kier molecular flexibility index (Phi) is 4.53. The highest BCUT2D eigenvalue weighted by atomic mass is 16.6. The van der Waals surface area contributed by atoms with Crippen LogP contribution in [0, 0.1) is 0 Å². The Morgan fingerprint density at radius 1 is 1.35 bits per heavy atom. The van der Waals surface area contributed by atoms with E-state index in [1.165, 1.54) is 18.4 Å². The Balaban J connectivity index is 2.27. The van der Waals surface area contributed by atoms with Gasteiger partial charge in [0.25, 0.3) is 0 Å². The van der Waals surface area contributed by atoms with Crippen molar-refractivity contribution in [1.29, 1.82) is 0 Å². The average molecular weight is 277 g/mol. The number of nitrogens with zero attached hydrogens (tertiary/aromatic N) is 1. The van der Waals surface area contributed by atoms with Crippen molar-refractivity contribution < 1.29 is 14.3 Å². The van der Waals surface area contributed by atoms with E-state index in [2.05, 4.69) is 36.5 Å². The first-order chi connectivity index (χ1) is 9.60. The number of carbonyl (C=O) groups excluding carboxylic acids is 1. The number of rotatable bonds is 5. The van der Waals surface area contributed by atoms with Gasteiger partial charge >= 0.3 is 5.97 Å². The maximum Gasteiger partial charge on any atom is 0.343 e. The number of carbonyl (C=O) groups is 1. The molecule has 1 aromatic rings. The van der Waals surface area contributed by atoms with Crippen LogP contribution in [0.3, 0.4) is 0 Å². The number of benzene rings is 1. The van der Waals surface area contributed by atoms with Crippen LogP contribution in [0.25, 0.3) is 0 Å². The number of anilines is 1. The quantitative estimate of drug-likeness (QED) is 0.776. The van der Waals surface area contributed by atoms with Crippen LogP contribution in [0.2, 0.25) is 0 Å². The van der Waals surface area contributed by atoms with Crippen LogP contribution in [0.15, 0.2) is 18.2 Å². The van der Waals surface area contributed by atoms with Gasteiger partial charge in [0.2, 0.25) is 0 Å². The molecule has 0 saturated carbocycles. The van der Waals surface area contributed by atoms with Crippen LogP contribution in [0.5, 0.6) is 5.75 Å². The summed E-state index contributed by atoms with van der Waals surface area (Å²) in [5, 5.41) is 0. The van der Waals surface area contributed by atoms with Gasteiger partial charge < -0.3 is 14.4 Å². The molecule has 0 aliphatic carbocycles. The summed E-state index contributed by atoms with van der Waals surface area (Å²) in [6.45, 7) is 7.64. The average Bonchev–Trinajstić information content (AvgIpc) is 2.71. The van der Waals surface area contributed by atoms with Gasteiger partial charge in [-0.3, -0.25) is 0 Å². The topological polar surface area (TPSA) is 38.8 Å². The van der Waals surface area contributed by atoms with Gasteiger partial charge in [0.05, 0.1) is 7.11 Å². The number of hydrogen-bond donors (Lipinski definition) is 0. The monoisotopic (exact) mass is 277 g/mol. The molecule has 0 saturated heterocycles. The predicted molar refractivity (Wildman–Crippen MR) is 79.5 cm³/mol. The van der Waals surface area contributed by atoms with Crippen LogP contribution in [-0.4, -0.2) is 32.3 Å².